The number of aromatic nitrogens is 2. The lowest BCUT2D eigenvalue weighted by Gasteiger charge is -2.37. The fraction of sp³-hybridized carbons (Fsp3) is 0.412. The Balaban J connectivity index is 1.64. The number of rotatable bonds is 4. The van der Waals surface area contributed by atoms with Gasteiger partial charge in [0.2, 0.25) is 0 Å². The molecule has 3 rings (SSSR count). The summed E-state index contributed by atoms with van der Waals surface area (Å²) in [5, 5.41) is 0.790. The third-order valence-corrected chi connectivity index (χ3v) is 5.27. The first-order valence-corrected chi connectivity index (χ1v) is 8.85. The SMILES string of the molecule is CC1(N)CCN(c2cnc(SCc3ccccc3)c(N)n2)CC1. The molecule has 0 amide bonds. The summed E-state index contributed by atoms with van der Waals surface area (Å²) in [6.45, 7) is 3.91. The van der Waals surface area contributed by atoms with Gasteiger partial charge in [-0.25, -0.2) is 9.97 Å². The lowest BCUT2D eigenvalue weighted by molar-refractivity contribution is 0.363. The number of piperidine rings is 1. The largest absolute Gasteiger partial charge is 0.381 e. The van der Waals surface area contributed by atoms with Gasteiger partial charge in [0.25, 0.3) is 0 Å². The second-order valence-corrected chi connectivity index (χ2v) is 7.30. The Hall–Kier alpha value is -1.79. The van der Waals surface area contributed by atoms with E-state index < -0.39 is 0 Å². The minimum Gasteiger partial charge on any atom is -0.381 e. The Morgan fingerprint density at radius 2 is 1.91 bits per heavy atom. The van der Waals surface area contributed by atoms with Crippen molar-refractivity contribution in [1.82, 2.24) is 9.97 Å². The Morgan fingerprint density at radius 1 is 1.22 bits per heavy atom. The highest BCUT2D eigenvalue weighted by Crippen LogP contribution is 2.28. The molecule has 1 aliphatic rings. The zero-order chi connectivity index (χ0) is 16.3. The van der Waals surface area contributed by atoms with Gasteiger partial charge < -0.3 is 16.4 Å². The number of benzene rings is 1. The zero-order valence-electron chi connectivity index (χ0n) is 13.4. The lowest BCUT2D eigenvalue weighted by atomic mass is 9.91. The van der Waals surface area contributed by atoms with Crippen LogP contribution in [0.1, 0.15) is 25.3 Å². The molecule has 0 radical (unpaired) electrons. The maximum atomic E-state index is 6.18. The summed E-state index contributed by atoms with van der Waals surface area (Å²) in [5.74, 6) is 2.19. The van der Waals surface area contributed by atoms with Crippen LogP contribution in [0.15, 0.2) is 41.6 Å². The van der Waals surface area contributed by atoms with Crippen LogP contribution in [0.3, 0.4) is 0 Å². The van der Waals surface area contributed by atoms with E-state index in [1.165, 1.54) is 5.56 Å². The highest BCUT2D eigenvalue weighted by Gasteiger charge is 2.26. The van der Waals surface area contributed by atoms with Gasteiger partial charge >= 0.3 is 0 Å². The van der Waals surface area contributed by atoms with Gasteiger partial charge in [-0.05, 0) is 25.3 Å². The second-order valence-electron chi connectivity index (χ2n) is 6.33. The first-order chi connectivity index (χ1) is 11.0. The predicted octanol–water partition coefficient (Wildman–Crippen LogP) is 2.67. The van der Waals surface area contributed by atoms with Gasteiger partial charge in [0, 0.05) is 24.4 Å². The zero-order valence-corrected chi connectivity index (χ0v) is 14.2. The number of hydrogen-bond acceptors (Lipinski definition) is 6. The van der Waals surface area contributed by atoms with Crippen LogP contribution in [-0.2, 0) is 5.75 Å². The maximum absolute atomic E-state index is 6.18. The van der Waals surface area contributed by atoms with E-state index in [1.807, 2.05) is 24.4 Å². The monoisotopic (exact) mass is 329 g/mol. The first-order valence-electron chi connectivity index (χ1n) is 7.87. The van der Waals surface area contributed by atoms with Crippen molar-refractivity contribution in [3.63, 3.8) is 0 Å². The summed E-state index contributed by atoms with van der Waals surface area (Å²) >= 11 is 1.62. The average Bonchev–Trinajstić information content (AvgIpc) is 2.55. The third-order valence-electron chi connectivity index (χ3n) is 4.20. The molecule has 1 fully saturated rings. The topological polar surface area (TPSA) is 81.1 Å². The molecule has 0 unspecified atom stereocenters. The van der Waals surface area contributed by atoms with Crippen LogP contribution in [0.4, 0.5) is 11.6 Å². The molecule has 1 saturated heterocycles. The van der Waals surface area contributed by atoms with E-state index in [9.17, 15) is 0 Å². The molecule has 2 aromatic rings. The Bertz CT molecular complexity index is 649. The molecule has 6 heteroatoms. The summed E-state index contributed by atoms with van der Waals surface area (Å²) in [4.78, 5) is 11.3. The van der Waals surface area contributed by atoms with Crippen molar-refractivity contribution in [1.29, 1.82) is 0 Å². The van der Waals surface area contributed by atoms with Crippen LogP contribution >= 0.6 is 11.8 Å². The summed E-state index contributed by atoms with van der Waals surface area (Å²) in [6, 6.07) is 10.3. The number of nitrogen functional groups attached to an aromatic ring is 1. The van der Waals surface area contributed by atoms with Crippen LogP contribution in [0.2, 0.25) is 0 Å². The van der Waals surface area contributed by atoms with E-state index >= 15 is 0 Å². The Kier molecular flexibility index (Phi) is 4.73. The van der Waals surface area contributed by atoms with E-state index in [0.717, 1.165) is 42.5 Å². The minimum absolute atomic E-state index is 0.0685. The smallest absolute Gasteiger partial charge is 0.158 e. The average molecular weight is 329 g/mol. The summed E-state index contributed by atoms with van der Waals surface area (Å²) in [6.07, 6.45) is 3.74. The molecule has 23 heavy (non-hydrogen) atoms. The van der Waals surface area contributed by atoms with Crippen molar-refractivity contribution in [3.8, 4) is 0 Å². The van der Waals surface area contributed by atoms with Crippen LogP contribution < -0.4 is 16.4 Å². The summed E-state index contributed by atoms with van der Waals surface area (Å²) < 4.78 is 0. The molecular weight excluding hydrogens is 306 g/mol. The first kappa shape index (κ1) is 16.1. The highest BCUT2D eigenvalue weighted by molar-refractivity contribution is 7.98. The maximum Gasteiger partial charge on any atom is 0.158 e. The molecule has 0 saturated carbocycles. The molecule has 122 valence electrons. The van der Waals surface area contributed by atoms with E-state index in [-0.39, 0.29) is 5.54 Å². The second kappa shape index (κ2) is 6.76. The van der Waals surface area contributed by atoms with Gasteiger partial charge in [0.1, 0.15) is 10.8 Å². The van der Waals surface area contributed by atoms with Gasteiger partial charge in [-0.2, -0.15) is 0 Å². The summed E-state index contributed by atoms with van der Waals surface area (Å²) in [7, 11) is 0. The molecule has 1 aromatic carbocycles. The van der Waals surface area contributed by atoms with Crippen LogP contribution in [0.5, 0.6) is 0 Å². The molecule has 1 aromatic heterocycles. The molecule has 2 heterocycles. The molecule has 0 aliphatic carbocycles. The van der Waals surface area contributed by atoms with Gasteiger partial charge in [0.15, 0.2) is 5.82 Å². The van der Waals surface area contributed by atoms with E-state index in [2.05, 4.69) is 33.9 Å². The van der Waals surface area contributed by atoms with Crippen molar-refractivity contribution in [2.45, 2.75) is 36.1 Å². The minimum atomic E-state index is -0.0685. The molecule has 0 atom stereocenters. The number of nitrogens with zero attached hydrogens (tertiary/aromatic N) is 3. The number of nitrogens with two attached hydrogens (primary N) is 2. The molecular formula is C17H23N5S. The van der Waals surface area contributed by atoms with Crippen LogP contribution in [0.25, 0.3) is 0 Å². The van der Waals surface area contributed by atoms with Gasteiger partial charge in [0.05, 0.1) is 6.20 Å². The number of thioether (sulfide) groups is 1. The Labute approximate surface area is 141 Å². The standard InChI is InChI=1S/C17H23N5S/c1-17(19)7-9-22(10-8-17)14-11-20-16(15(18)21-14)23-12-13-5-3-2-4-6-13/h2-6,11H,7-10,12,19H2,1H3,(H2,18,21). The van der Waals surface area contributed by atoms with E-state index in [4.69, 9.17) is 11.5 Å². The quantitative estimate of drug-likeness (QED) is 0.839. The van der Waals surface area contributed by atoms with Crippen molar-refractivity contribution in [3.05, 3.63) is 42.1 Å². The van der Waals surface area contributed by atoms with Gasteiger partial charge in [-0.15, -0.1) is 0 Å². The number of hydrogen-bond donors (Lipinski definition) is 2. The van der Waals surface area contributed by atoms with Crippen LogP contribution in [0, 0.1) is 0 Å². The van der Waals surface area contributed by atoms with Gasteiger partial charge in [-0.3, -0.25) is 0 Å². The Morgan fingerprint density at radius 3 is 2.57 bits per heavy atom. The lowest BCUT2D eigenvalue weighted by Crippen LogP contribution is -2.48. The molecule has 5 nitrogen and oxygen atoms in total. The molecule has 0 spiro atoms. The van der Waals surface area contributed by atoms with Crippen molar-refractivity contribution >= 4 is 23.4 Å². The third kappa shape index (κ3) is 4.14. The number of anilines is 2. The van der Waals surface area contributed by atoms with Crippen molar-refractivity contribution in [2.24, 2.45) is 5.73 Å². The van der Waals surface area contributed by atoms with Gasteiger partial charge in [-0.1, -0.05) is 42.1 Å². The summed E-state index contributed by atoms with van der Waals surface area (Å²) in [5.41, 5.74) is 13.5. The van der Waals surface area contributed by atoms with Crippen molar-refractivity contribution in [2.75, 3.05) is 23.7 Å². The normalized spacial score (nSPS) is 17.2. The van der Waals surface area contributed by atoms with E-state index in [1.54, 1.807) is 11.8 Å². The predicted molar refractivity (Wildman–Crippen MR) is 96.5 cm³/mol. The molecule has 4 N–H and O–H groups in total. The fourth-order valence-electron chi connectivity index (χ4n) is 2.62. The van der Waals surface area contributed by atoms with E-state index in [0.29, 0.717) is 5.82 Å². The van der Waals surface area contributed by atoms with Crippen LogP contribution in [-0.4, -0.2) is 28.6 Å². The molecule has 0 bridgehead atoms. The highest BCUT2D eigenvalue weighted by atomic mass is 32.2. The fourth-order valence-corrected chi connectivity index (χ4v) is 3.44. The molecule has 1 aliphatic heterocycles. The van der Waals surface area contributed by atoms with Crippen molar-refractivity contribution < 1.29 is 0 Å².